The zero-order valence-corrected chi connectivity index (χ0v) is 5.59. The first-order valence-corrected chi connectivity index (χ1v) is 2.74. The van der Waals surface area contributed by atoms with Crippen LogP contribution in [-0.2, 0) is 4.79 Å². The molecule has 3 heteroatoms. The van der Waals surface area contributed by atoms with Crippen molar-refractivity contribution in [3.63, 3.8) is 0 Å². The summed E-state index contributed by atoms with van der Waals surface area (Å²) in [6, 6.07) is 0. The van der Waals surface area contributed by atoms with Gasteiger partial charge < -0.3 is 10.8 Å². The van der Waals surface area contributed by atoms with Gasteiger partial charge in [-0.2, -0.15) is 0 Å². The summed E-state index contributed by atoms with van der Waals surface area (Å²) in [4.78, 5) is 10.2. The standard InChI is InChI=1S/C6H11NO2/c1-3-5(7)4(2)6(8)9/h3-4H,7H2,1-2H3,(H,8,9). The van der Waals surface area contributed by atoms with Gasteiger partial charge in [0.15, 0.2) is 0 Å². The molecule has 0 heterocycles. The van der Waals surface area contributed by atoms with Gasteiger partial charge in [0.2, 0.25) is 0 Å². The first kappa shape index (κ1) is 8.01. The fraction of sp³-hybridized carbons (Fsp3) is 0.500. The second kappa shape index (κ2) is 3.12. The maximum absolute atomic E-state index is 10.2. The van der Waals surface area contributed by atoms with Crippen LogP contribution < -0.4 is 5.73 Å². The predicted octanol–water partition coefficient (Wildman–Crippen LogP) is 0.570. The summed E-state index contributed by atoms with van der Waals surface area (Å²) >= 11 is 0. The number of hydrogen-bond acceptors (Lipinski definition) is 2. The van der Waals surface area contributed by atoms with Gasteiger partial charge in [0.1, 0.15) is 0 Å². The molecule has 0 amide bonds. The highest BCUT2D eigenvalue weighted by molar-refractivity contribution is 5.72. The summed E-state index contributed by atoms with van der Waals surface area (Å²) in [6.45, 7) is 3.27. The normalized spacial score (nSPS) is 15.1. The molecule has 0 aliphatic rings. The van der Waals surface area contributed by atoms with Crippen LogP contribution in [0, 0.1) is 5.92 Å². The lowest BCUT2D eigenvalue weighted by Crippen LogP contribution is -2.17. The number of carboxylic acid groups (broad SMARTS) is 1. The van der Waals surface area contributed by atoms with Crippen molar-refractivity contribution in [2.75, 3.05) is 0 Å². The number of hydrogen-bond donors (Lipinski definition) is 2. The van der Waals surface area contributed by atoms with Crippen LogP contribution in [0.15, 0.2) is 11.8 Å². The van der Waals surface area contributed by atoms with E-state index >= 15 is 0 Å². The fourth-order valence-corrected chi connectivity index (χ4v) is 0.393. The second-order valence-corrected chi connectivity index (χ2v) is 1.85. The fourth-order valence-electron chi connectivity index (χ4n) is 0.393. The molecule has 1 unspecified atom stereocenters. The number of rotatable bonds is 2. The third kappa shape index (κ3) is 2.17. The van der Waals surface area contributed by atoms with E-state index in [1.807, 2.05) is 0 Å². The predicted molar refractivity (Wildman–Crippen MR) is 34.7 cm³/mol. The lowest BCUT2D eigenvalue weighted by Gasteiger charge is -2.03. The summed E-state index contributed by atoms with van der Waals surface area (Å²) in [5.74, 6) is -1.44. The zero-order chi connectivity index (χ0) is 7.44. The highest BCUT2D eigenvalue weighted by Crippen LogP contribution is 2.02. The average molecular weight is 129 g/mol. The van der Waals surface area contributed by atoms with Gasteiger partial charge in [-0.25, -0.2) is 0 Å². The van der Waals surface area contributed by atoms with Gasteiger partial charge in [0.05, 0.1) is 5.92 Å². The number of carboxylic acids is 1. The van der Waals surface area contributed by atoms with Gasteiger partial charge in [-0.3, -0.25) is 4.79 Å². The van der Waals surface area contributed by atoms with Gasteiger partial charge in [-0.1, -0.05) is 6.08 Å². The van der Waals surface area contributed by atoms with Crippen molar-refractivity contribution in [3.05, 3.63) is 11.8 Å². The molecular formula is C6H11NO2. The molecule has 0 radical (unpaired) electrons. The molecule has 0 saturated carbocycles. The van der Waals surface area contributed by atoms with Crippen LogP contribution in [0.1, 0.15) is 13.8 Å². The second-order valence-electron chi connectivity index (χ2n) is 1.85. The Bertz CT molecular complexity index is 140. The van der Waals surface area contributed by atoms with Crippen molar-refractivity contribution in [1.82, 2.24) is 0 Å². The van der Waals surface area contributed by atoms with E-state index in [1.165, 1.54) is 0 Å². The number of nitrogens with two attached hydrogens (primary N) is 1. The van der Waals surface area contributed by atoms with E-state index in [1.54, 1.807) is 19.9 Å². The van der Waals surface area contributed by atoms with Crippen LogP contribution >= 0.6 is 0 Å². The SMILES string of the molecule is CC=C(N)C(C)C(=O)O. The molecule has 0 spiro atoms. The molecule has 0 aromatic heterocycles. The maximum atomic E-state index is 10.2. The minimum Gasteiger partial charge on any atom is -0.481 e. The third-order valence-corrected chi connectivity index (χ3v) is 1.20. The maximum Gasteiger partial charge on any atom is 0.312 e. The Kier molecular flexibility index (Phi) is 2.78. The molecule has 9 heavy (non-hydrogen) atoms. The van der Waals surface area contributed by atoms with Crippen molar-refractivity contribution < 1.29 is 9.90 Å². The van der Waals surface area contributed by atoms with Crippen LogP contribution in [-0.4, -0.2) is 11.1 Å². The molecule has 0 rings (SSSR count). The van der Waals surface area contributed by atoms with Gasteiger partial charge in [-0.15, -0.1) is 0 Å². The molecule has 1 atom stereocenters. The molecule has 0 bridgehead atoms. The molecule has 0 aromatic rings. The number of carbonyl (C=O) groups is 1. The van der Waals surface area contributed by atoms with E-state index in [4.69, 9.17) is 10.8 Å². The van der Waals surface area contributed by atoms with E-state index in [0.29, 0.717) is 5.70 Å². The van der Waals surface area contributed by atoms with Crippen LogP contribution in [0.25, 0.3) is 0 Å². The Morgan fingerprint density at radius 3 is 2.33 bits per heavy atom. The average Bonchev–Trinajstić information content (AvgIpc) is 1.84. The van der Waals surface area contributed by atoms with Gasteiger partial charge in [0.25, 0.3) is 0 Å². The Morgan fingerprint density at radius 1 is 1.78 bits per heavy atom. The Balaban J connectivity index is 4.04. The van der Waals surface area contributed by atoms with Gasteiger partial charge >= 0.3 is 5.97 Å². The van der Waals surface area contributed by atoms with Crippen LogP contribution in [0.3, 0.4) is 0 Å². The van der Waals surface area contributed by atoms with E-state index in [2.05, 4.69) is 0 Å². The van der Waals surface area contributed by atoms with E-state index in [-0.39, 0.29) is 0 Å². The van der Waals surface area contributed by atoms with E-state index in [9.17, 15) is 4.79 Å². The lowest BCUT2D eigenvalue weighted by molar-refractivity contribution is -0.139. The highest BCUT2D eigenvalue weighted by Gasteiger charge is 2.11. The number of aliphatic carboxylic acids is 1. The monoisotopic (exact) mass is 129 g/mol. The van der Waals surface area contributed by atoms with Crippen LogP contribution in [0.5, 0.6) is 0 Å². The molecule has 3 N–H and O–H groups in total. The lowest BCUT2D eigenvalue weighted by atomic mass is 10.1. The highest BCUT2D eigenvalue weighted by atomic mass is 16.4. The molecule has 3 nitrogen and oxygen atoms in total. The van der Waals surface area contributed by atoms with Crippen LogP contribution in [0.4, 0.5) is 0 Å². The molecule has 52 valence electrons. The molecule has 0 saturated heterocycles. The van der Waals surface area contributed by atoms with E-state index in [0.717, 1.165) is 0 Å². The smallest absolute Gasteiger partial charge is 0.312 e. The largest absolute Gasteiger partial charge is 0.481 e. The summed E-state index contributed by atoms with van der Waals surface area (Å²) in [5, 5.41) is 8.36. The molecular weight excluding hydrogens is 118 g/mol. The van der Waals surface area contributed by atoms with Gasteiger partial charge in [0, 0.05) is 5.70 Å². The molecule has 0 aliphatic heterocycles. The van der Waals surface area contributed by atoms with Crippen LogP contribution in [0.2, 0.25) is 0 Å². The van der Waals surface area contributed by atoms with Crippen molar-refractivity contribution in [2.24, 2.45) is 11.7 Å². The van der Waals surface area contributed by atoms with Crippen molar-refractivity contribution in [2.45, 2.75) is 13.8 Å². The first-order chi connectivity index (χ1) is 4.09. The molecule has 0 aromatic carbocycles. The van der Waals surface area contributed by atoms with Crippen molar-refractivity contribution >= 4 is 5.97 Å². The zero-order valence-electron chi connectivity index (χ0n) is 5.59. The Labute approximate surface area is 54.2 Å². The Morgan fingerprint density at radius 2 is 2.22 bits per heavy atom. The first-order valence-electron chi connectivity index (χ1n) is 2.74. The summed E-state index contributed by atoms with van der Waals surface area (Å²) in [7, 11) is 0. The van der Waals surface area contributed by atoms with Crippen molar-refractivity contribution in [1.29, 1.82) is 0 Å². The quantitative estimate of drug-likeness (QED) is 0.573. The summed E-state index contributed by atoms with van der Waals surface area (Å²) in [6.07, 6.45) is 1.60. The molecule has 0 aliphatic carbocycles. The van der Waals surface area contributed by atoms with Crippen molar-refractivity contribution in [3.8, 4) is 0 Å². The number of allylic oxidation sites excluding steroid dienone is 1. The summed E-state index contributed by atoms with van der Waals surface area (Å²) < 4.78 is 0. The Hall–Kier alpha value is -0.990. The topological polar surface area (TPSA) is 63.3 Å². The third-order valence-electron chi connectivity index (χ3n) is 1.20. The van der Waals surface area contributed by atoms with Gasteiger partial charge in [-0.05, 0) is 13.8 Å². The summed E-state index contributed by atoms with van der Waals surface area (Å²) in [5.41, 5.74) is 5.70. The minimum absolute atomic E-state index is 0.405. The van der Waals surface area contributed by atoms with E-state index < -0.39 is 11.9 Å². The molecule has 0 fully saturated rings. The minimum atomic E-state index is -0.884.